The fourth-order valence-electron chi connectivity index (χ4n) is 2.01. The predicted molar refractivity (Wildman–Crippen MR) is 74.2 cm³/mol. The molecule has 1 aromatic carbocycles. The Kier molecular flexibility index (Phi) is 3.46. The molecule has 3 aromatic rings. The number of furan rings is 1. The second-order valence-corrected chi connectivity index (χ2v) is 4.49. The maximum Gasteiger partial charge on any atom is 0.288 e. The van der Waals surface area contributed by atoms with Crippen molar-refractivity contribution >= 4 is 5.91 Å². The van der Waals surface area contributed by atoms with E-state index < -0.39 is 0 Å². The van der Waals surface area contributed by atoms with Crippen LogP contribution in [0.3, 0.4) is 0 Å². The minimum absolute atomic E-state index is 0.261. The van der Waals surface area contributed by atoms with Crippen molar-refractivity contribution in [2.45, 2.75) is 13.0 Å². The van der Waals surface area contributed by atoms with Crippen LogP contribution in [0.4, 0.5) is 0 Å². The normalized spacial score (nSPS) is 12.0. The van der Waals surface area contributed by atoms with E-state index in [0.29, 0.717) is 5.82 Å². The van der Waals surface area contributed by atoms with Crippen LogP contribution in [0.15, 0.2) is 47.1 Å². The number of amides is 1. The largest absolute Gasteiger partial charge is 0.459 e. The number of nitrogens with zero attached hydrogens (tertiary/aromatic N) is 3. The Hall–Kier alpha value is -2.96. The molecular formula is C14H13N5O2. The van der Waals surface area contributed by atoms with Gasteiger partial charge in [-0.3, -0.25) is 4.79 Å². The molecule has 7 heteroatoms. The third-order valence-corrected chi connectivity index (χ3v) is 3.05. The lowest BCUT2D eigenvalue weighted by Crippen LogP contribution is -2.27. The molecule has 1 amide bonds. The Labute approximate surface area is 120 Å². The predicted octanol–water partition coefficient (Wildman–Crippen LogP) is 1.95. The summed E-state index contributed by atoms with van der Waals surface area (Å²) in [5.74, 6) is 0.351. The van der Waals surface area contributed by atoms with Gasteiger partial charge in [0.05, 0.1) is 12.3 Å². The van der Waals surface area contributed by atoms with Gasteiger partial charge in [-0.15, -0.1) is 10.2 Å². The molecule has 3 rings (SSSR count). The first kappa shape index (κ1) is 13.0. The number of rotatable bonds is 4. The molecule has 0 aliphatic heterocycles. The number of hydrogen-bond donors (Lipinski definition) is 2. The lowest BCUT2D eigenvalue weighted by molar-refractivity contribution is 0.0911. The zero-order chi connectivity index (χ0) is 14.7. The number of aromatic amines is 1. The highest BCUT2D eigenvalue weighted by atomic mass is 16.3. The van der Waals surface area contributed by atoms with E-state index >= 15 is 0 Å². The average molecular weight is 283 g/mol. The van der Waals surface area contributed by atoms with Gasteiger partial charge in [-0.05, 0) is 18.6 Å². The molecule has 2 heterocycles. The van der Waals surface area contributed by atoms with Crippen LogP contribution < -0.4 is 5.32 Å². The summed E-state index contributed by atoms with van der Waals surface area (Å²) in [6.45, 7) is 1.77. The van der Waals surface area contributed by atoms with E-state index in [1.807, 2.05) is 30.3 Å². The van der Waals surface area contributed by atoms with Gasteiger partial charge in [0.1, 0.15) is 0 Å². The van der Waals surface area contributed by atoms with Crippen molar-refractivity contribution < 1.29 is 9.21 Å². The third kappa shape index (κ3) is 2.66. The summed E-state index contributed by atoms with van der Waals surface area (Å²) < 4.78 is 5.32. The van der Waals surface area contributed by atoms with E-state index in [-0.39, 0.29) is 17.7 Å². The van der Waals surface area contributed by atoms with Crippen molar-refractivity contribution in [3.63, 3.8) is 0 Å². The molecule has 0 aliphatic rings. The van der Waals surface area contributed by atoms with Crippen LogP contribution in [-0.4, -0.2) is 26.5 Å². The second kappa shape index (κ2) is 5.58. The molecule has 2 N–H and O–H groups in total. The van der Waals surface area contributed by atoms with E-state index in [4.69, 9.17) is 4.42 Å². The number of H-pyrrole nitrogens is 1. The number of nitrogens with one attached hydrogen (secondary N) is 2. The average Bonchev–Trinajstić information content (AvgIpc) is 3.19. The van der Waals surface area contributed by atoms with Crippen molar-refractivity contribution in [1.29, 1.82) is 0 Å². The van der Waals surface area contributed by atoms with Crippen LogP contribution in [0.25, 0.3) is 11.1 Å². The monoisotopic (exact) mass is 283 g/mol. The first-order valence-corrected chi connectivity index (χ1v) is 6.43. The molecule has 21 heavy (non-hydrogen) atoms. The van der Waals surface area contributed by atoms with Crippen molar-refractivity contribution in [3.05, 3.63) is 54.2 Å². The maximum absolute atomic E-state index is 12.3. The van der Waals surface area contributed by atoms with E-state index in [2.05, 4.69) is 25.9 Å². The topological polar surface area (TPSA) is 96.7 Å². The van der Waals surface area contributed by atoms with Gasteiger partial charge in [0.15, 0.2) is 11.6 Å². The first-order chi connectivity index (χ1) is 10.3. The van der Waals surface area contributed by atoms with Gasteiger partial charge < -0.3 is 9.73 Å². The Balaban J connectivity index is 1.82. The van der Waals surface area contributed by atoms with Crippen LogP contribution in [0, 0.1) is 0 Å². The Bertz CT molecular complexity index is 721. The SMILES string of the molecule is CC(NC(=O)c1occc1-c1ccccc1)c1nn[nH]n1. The van der Waals surface area contributed by atoms with Gasteiger partial charge in [0.2, 0.25) is 0 Å². The highest BCUT2D eigenvalue weighted by molar-refractivity contribution is 5.98. The number of aromatic nitrogens is 4. The van der Waals surface area contributed by atoms with Gasteiger partial charge in [-0.1, -0.05) is 35.5 Å². The summed E-state index contributed by atoms with van der Waals surface area (Å²) in [5, 5.41) is 16.3. The molecular weight excluding hydrogens is 270 g/mol. The molecule has 0 fully saturated rings. The van der Waals surface area contributed by atoms with Gasteiger partial charge in [-0.2, -0.15) is 5.21 Å². The van der Waals surface area contributed by atoms with Crippen LogP contribution in [0.1, 0.15) is 29.3 Å². The quantitative estimate of drug-likeness (QED) is 0.762. The van der Waals surface area contributed by atoms with Crippen LogP contribution in [0.5, 0.6) is 0 Å². The van der Waals surface area contributed by atoms with Gasteiger partial charge in [0.25, 0.3) is 5.91 Å². The number of benzene rings is 1. The summed E-state index contributed by atoms with van der Waals surface area (Å²) in [7, 11) is 0. The summed E-state index contributed by atoms with van der Waals surface area (Å²) >= 11 is 0. The third-order valence-electron chi connectivity index (χ3n) is 3.05. The zero-order valence-electron chi connectivity index (χ0n) is 11.3. The Morgan fingerprint density at radius 2 is 2.10 bits per heavy atom. The lowest BCUT2D eigenvalue weighted by Gasteiger charge is -2.09. The lowest BCUT2D eigenvalue weighted by atomic mass is 10.1. The van der Waals surface area contributed by atoms with Crippen molar-refractivity contribution in [3.8, 4) is 11.1 Å². The molecule has 0 saturated carbocycles. The molecule has 0 radical (unpaired) electrons. The molecule has 0 aliphatic carbocycles. The Morgan fingerprint density at radius 3 is 2.81 bits per heavy atom. The van der Waals surface area contributed by atoms with E-state index in [9.17, 15) is 4.79 Å². The minimum Gasteiger partial charge on any atom is -0.459 e. The van der Waals surface area contributed by atoms with Crippen molar-refractivity contribution in [2.75, 3.05) is 0 Å². The van der Waals surface area contributed by atoms with E-state index in [1.54, 1.807) is 13.0 Å². The second-order valence-electron chi connectivity index (χ2n) is 4.49. The van der Waals surface area contributed by atoms with E-state index in [1.165, 1.54) is 6.26 Å². The summed E-state index contributed by atoms with van der Waals surface area (Å²) in [5.41, 5.74) is 1.66. The number of carbonyl (C=O) groups is 1. The zero-order valence-corrected chi connectivity index (χ0v) is 11.3. The fraction of sp³-hybridized carbons (Fsp3) is 0.143. The minimum atomic E-state index is -0.370. The van der Waals surface area contributed by atoms with Gasteiger partial charge >= 0.3 is 0 Å². The highest BCUT2D eigenvalue weighted by Crippen LogP contribution is 2.25. The van der Waals surface area contributed by atoms with Crippen LogP contribution in [-0.2, 0) is 0 Å². The molecule has 0 bridgehead atoms. The van der Waals surface area contributed by atoms with E-state index in [0.717, 1.165) is 11.1 Å². The first-order valence-electron chi connectivity index (χ1n) is 6.43. The highest BCUT2D eigenvalue weighted by Gasteiger charge is 2.20. The van der Waals surface area contributed by atoms with Crippen molar-refractivity contribution in [2.24, 2.45) is 0 Å². The molecule has 1 unspecified atom stereocenters. The van der Waals surface area contributed by atoms with Crippen molar-refractivity contribution in [1.82, 2.24) is 25.9 Å². The van der Waals surface area contributed by atoms with Gasteiger partial charge in [-0.25, -0.2) is 0 Å². The fourth-order valence-corrected chi connectivity index (χ4v) is 2.01. The molecule has 106 valence electrons. The molecule has 0 saturated heterocycles. The number of tetrazole rings is 1. The molecule has 2 aromatic heterocycles. The Morgan fingerprint density at radius 1 is 1.29 bits per heavy atom. The van der Waals surface area contributed by atoms with Gasteiger partial charge in [0, 0.05) is 5.56 Å². The standard InChI is InChI=1S/C14H13N5O2/c1-9(13-16-18-19-17-13)15-14(20)12-11(7-8-21-12)10-5-3-2-4-6-10/h2-9H,1H3,(H,15,20)(H,16,17,18,19). The molecule has 0 spiro atoms. The maximum atomic E-state index is 12.3. The summed E-state index contributed by atoms with van der Waals surface area (Å²) in [6, 6.07) is 11.0. The van der Waals surface area contributed by atoms with Crippen LogP contribution >= 0.6 is 0 Å². The molecule has 7 nitrogen and oxygen atoms in total. The smallest absolute Gasteiger partial charge is 0.288 e. The number of hydrogen-bond acceptors (Lipinski definition) is 5. The number of carbonyl (C=O) groups excluding carboxylic acids is 1. The summed E-state index contributed by atoms with van der Waals surface area (Å²) in [4.78, 5) is 12.3. The molecule has 1 atom stereocenters. The van der Waals surface area contributed by atoms with Crippen LogP contribution in [0.2, 0.25) is 0 Å². The summed E-state index contributed by atoms with van der Waals surface area (Å²) in [6.07, 6.45) is 1.50.